The van der Waals surface area contributed by atoms with Crippen LogP contribution in [0.15, 0.2) is 18.2 Å². The third kappa shape index (κ3) is 5.59. The predicted octanol–water partition coefficient (Wildman–Crippen LogP) is 4.22. The van der Waals surface area contributed by atoms with Crippen molar-refractivity contribution in [2.45, 2.75) is 57.6 Å². The maximum absolute atomic E-state index is 14.5. The first-order chi connectivity index (χ1) is 17.9. The molecule has 2 aliphatic heterocycles. The summed E-state index contributed by atoms with van der Waals surface area (Å²) >= 11 is 6.33. The molecule has 4 heterocycles. The average Bonchev–Trinajstić information content (AvgIpc) is 3.34. The van der Waals surface area contributed by atoms with Crippen LogP contribution in [0, 0.1) is 17.6 Å². The van der Waals surface area contributed by atoms with Gasteiger partial charge in [-0.05, 0) is 24.8 Å². The Balaban J connectivity index is 0.00000137. The lowest BCUT2D eigenvalue weighted by Crippen LogP contribution is -2.34. The topological polar surface area (TPSA) is 111 Å². The van der Waals surface area contributed by atoms with Crippen LogP contribution in [0.2, 0.25) is 5.02 Å². The van der Waals surface area contributed by atoms with Crippen LogP contribution in [-0.2, 0) is 16.0 Å². The number of aliphatic hydroxyl groups is 1. The van der Waals surface area contributed by atoms with E-state index >= 15 is 0 Å². The molecule has 2 saturated heterocycles. The first kappa shape index (κ1) is 25.9. The van der Waals surface area contributed by atoms with E-state index < -0.39 is 29.9 Å². The Morgan fingerprint density at radius 3 is 2.57 bits per heavy atom. The normalized spacial score (nSPS) is 24.5. The molecular weight excluding hydrogens is 510 g/mol. The minimum absolute atomic E-state index is 0.151. The zero-order chi connectivity index (χ0) is 26.1. The molecule has 3 aromatic rings. The summed E-state index contributed by atoms with van der Waals surface area (Å²) in [5.74, 6) is -0.559. The zero-order valence-corrected chi connectivity index (χ0v) is 21.2. The van der Waals surface area contributed by atoms with Crippen LogP contribution in [0.4, 0.5) is 14.6 Å². The third-order valence-electron chi connectivity index (χ3n) is 6.38. The molecule has 1 aromatic carbocycles. The second-order valence-corrected chi connectivity index (χ2v) is 9.43. The minimum atomic E-state index is -0.715. The van der Waals surface area contributed by atoms with Gasteiger partial charge in [0.25, 0.3) is 6.01 Å². The number of pyridine rings is 1. The highest BCUT2D eigenvalue weighted by atomic mass is 35.5. The van der Waals surface area contributed by atoms with Gasteiger partial charge < -0.3 is 34.4 Å². The minimum Gasteiger partial charge on any atom is -0.493 e. The Morgan fingerprint density at radius 1 is 1.11 bits per heavy atom. The number of anilines is 1. The van der Waals surface area contributed by atoms with Crippen LogP contribution in [-0.4, -0.2) is 64.3 Å². The van der Waals surface area contributed by atoms with Crippen LogP contribution < -0.4 is 14.8 Å². The number of H-pyrrole nitrogens is 1. The molecule has 2 aromatic heterocycles. The largest absolute Gasteiger partial charge is 0.493 e. The molecule has 9 nitrogen and oxygen atoms in total. The molecule has 12 heteroatoms. The molecule has 3 fully saturated rings. The fourth-order valence-corrected chi connectivity index (χ4v) is 4.48. The summed E-state index contributed by atoms with van der Waals surface area (Å²) in [6, 6.07) is 4.15. The lowest BCUT2D eigenvalue weighted by Gasteiger charge is -2.15. The van der Waals surface area contributed by atoms with Crippen molar-refractivity contribution in [2.75, 3.05) is 25.1 Å². The van der Waals surface area contributed by atoms with Crippen molar-refractivity contribution in [1.29, 1.82) is 0 Å². The van der Waals surface area contributed by atoms with Crippen LogP contribution in [0.25, 0.3) is 11.2 Å². The molecule has 1 aliphatic carbocycles. The molecule has 0 radical (unpaired) electrons. The Bertz CT molecular complexity index is 1230. The van der Waals surface area contributed by atoms with Gasteiger partial charge in [-0.15, -0.1) is 0 Å². The van der Waals surface area contributed by atoms with E-state index in [4.69, 9.17) is 30.5 Å². The Kier molecular flexibility index (Phi) is 7.66. The van der Waals surface area contributed by atoms with Gasteiger partial charge in [-0.25, -0.2) is 13.8 Å². The van der Waals surface area contributed by atoms with E-state index in [1.807, 2.05) is 13.8 Å². The molecular formula is C25H29ClF2N4O5. The van der Waals surface area contributed by atoms with Crippen molar-refractivity contribution in [1.82, 2.24) is 15.0 Å². The van der Waals surface area contributed by atoms with Crippen LogP contribution in [0.1, 0.15) is 32.3 Å². The highest BCUT2D eigenvalue weighted by Gasteiger charge is 2.48. The van der Waals surface area contributed by atoms with Crippen molar-refractivity contribution in [2.24, 2.45) is 5.92 Å². The number of hydrogen-bond donors (Lipinski definition) is 3. The number of ether oxygens (including phenoxy) is 4. The van der Waals surface area contributed by atoms with Gasteiger partial charge in [0, 0.05) is 24.2 Å². The second kappa shape index (κ2) is 10.9. The van der Waals surface area contributed by atoms with E-state index in [2.05, 4.69) is 20.3 Å². The average molecular weight is 539 g/mol. The van der Waals surface area contributed by atoms with E-state index in [0.29, 0.717) is 23.7 Å². The van der Waals surface area contributed by atoms with Crippen molar-refractivity contribution >= 4 is 28.6 Å². The molecule has 0 bridgehead atoms. The van der Waals surface area contributed by atoms with E-state index in [1.165, 1.54) is 12.1 Å². The van der Waals surface area contributed by atoms with Crippen LogP contribution >= 0.6 is 11.6 Å². The SMILES string of the molecule is CC.O[C@@H]1CO[C@H]2[C@@H]1OC[C@H]2Oc1nc2nc(NCc3c(F)cc(OCC4CC4)cc3F)c(Cl)cc2[nH]1. The van der Waals surface area contributed by atoms with E-state index in [0.717, 1.165) is 12.8 Å². The fourth-order valence-electron chi connectivity index (χ4n) is 4.27. The monoisotopic (exact) mass is 538 g/mol. The van der Waals surface area contributed by atoms with Crippen molar-refractivity contribution < 1.29 is 32.8 Å². The maximum Gasteiger partial charge on any atom is 0.296 e. The molecule has 37 heavy (non-hydrogen) atoms. The predicted molar refractivity (Wildman–Crippen MR) is 132 cm³/mol. The molecule has 0 amide bonds. The van der Waals surface area contributed by atoms with Crippen LogP contribution in [0.3, 0.4) is 0 Å². The number of imidazole rings is 1. The number of aliphatic hydroxyl groups excluding tert-OH is 1. The summed E-state index contributed by atoms with van der Waals surface area (Å²) in [6.07, 6.45) is 0.244. The number of hydrogen-bond acceptors (Lipinski definition) is 8. The summed E-state index contributed by atoms with van der Waals surface area (Å²) in [6.45, 7) is 4.75. The van der Waals surface area contributed by atoms with Gasteiger partial charge in [-0.2, -0.15) is 4.98 Å². The summed E-state index contributed by atoms with van der Waals surface area (Å²) < 4.78 is 51.5. The highest BCUT2D eigenvalue weighted by molar-refractivity contribution is 6.33. The molecule has 3 N–H and O–H groups in total. The molecule has 1 saturated carbocycles. The number of nitrogens with one attached hydrogen (secondary N) is 2. The highest BCUT2D eigenvalue weighted by Crippen LogP contribution is 2.32. The molecule has 200 valence electrons. The van der Waals surface area contributed by atoms with Gasteiger partial charge in [0.1, 0.15) is 41.5 Å². The number of rotatable bonds is 8. The number of nitrogens with zero attached hydrogens (tertiary/aromatic N) is 2. The lowest BCUT2D eigenvalue weighted by atomic mass is 10.1. The maximum atomic E-state index is 14.5. The zero-order valence-electron chi connectivity index (χ0n) is 20.5. The summed E-state index contributed by atoms with van der Waals surface area (Å²) in [7, 11) is 0. The van der Waals surface area contributed by atoms with Crippen molar-refractivity contribution in [3.05, 3.63) is 40.4 Å². The first-order valence-corrected chi connectivity index (χ1v) is 12.8. The van der Waals surface area contributed by atoms with E-state index in [9.17, 15) is 13.9 Å². The standard InChI is InChI=1S/C23H23ClF2N4O5.C2H6/c24-13-5-16-22(30-23(28-16)35-18-9-34-19-17(31)8-33-20(18)19)29-21(13)27-6-12-14(25)3-11(4-15(12)26)32-7-10-1-2-10;1-2/h3-5,10,17-20,31H,1-2,6-9H2,(H2,27,28,29,30);1-2H3/t17-,18-,19-,20-;/m1./s1. The number of fused-ring (bicyclic) bond motifs is 2. The quantitative estimate of drug-likeness (QED) is 0.391. The fraction of sp³-hybridized carbons (Fsp3) is 0.520. The third-order valence-corrected chi connectivity index (χ3v) is 6.67. The summed E-state index contributed by atoms with van der Waals surface area (Å²) in [4.78, 5) is 11.7. The van der Waals surface area contributed by atoms with Gasteiger partial charge in [0.15, 0.2) is 11.8 Å². The van der Waals surface area contributed by atoms with Gasteiger partial charge >= 0.3 is 0 Å². The number of benzene rings is 1. The molecule has 4 atom stereocenters. The molecule has 0 unspecified atom stereocenters. The summed E-state index contributed by atoms with van der Waals surface area (Å²) in [5.41, 5.74) is 0.676. The Labute approximate surface area is 217 Å². The van der Waals surface area contributed by atoms with E-state index in [-0.39, 0.29) is 54.0 Å². The Hall–Kier alpha value is -2.73. The number of aromatic nitrogens is 3. The number of halogens is 3. The van der Waals surface area contributed by atoms with Gasteiger partial charge in [0.05, 0.1) is 30.4 Å². The summed E-state index contributed by atoms with van der Waals surface area (Å²) in [5, 5.41) is 13.0. The van der Waals surface area contributed by atoms with Crippen molar-refractivity contribution in [3.63, 3.8) is 0 Å². The lowest BCUT2D eigenvalue weighted by molar-refractivity contribution is 0.00706. The molecule has 0 spiro atoms. The van der Waals surface area contributed by atoms with Gasteiger partial charge in [-0.3, -0.25) is 0 Å². The molecule has 3 aliphatic rings. The second-order valence-electron chi connectivity index (χ2n) is 9.02. The first-order valence-electron chi connectivity index (χ1n) is 12.4. The van der Waals surface area contributed by atoms with Gasteiger partial charge in [0.2, 0.25) is 0 Å². The number of aromatic amines is 1. The van der Waals surface area contributed by atoms with Crippen LogP contribution in [0.5, 0.6) is 11.8 Å². The van der Waals surface area contributed by atoms with E-state index in [1.54, 1.807) is 6.07 Å². The Morgan fingerprint density at radius 2 is 1.84 bits per heavy atom. The smallest absolute Gasteiger partial charge is 0.296 e. The molecule has 6 rings (SSSR count). The van der Waals surface area contributed by atoms with Gasteiger partial charge in [-0.1, -0.05) is 25.4 Å². The van der Waals surface area contributed by atoms with Crippen molar-refractivity contribution in [3.8, 4) is 11.8 Å².